The molecular weight excluding hydrogens is 324 g/mol. The van der Waals surface area contributed by atoms with E-state index in [0.717, 1.165) is 10.0 Å². The van der Waals surface area contributed by atoms with Crippen LogP contribution in [0.3, 0.4) is 0 Å². The van der Waals surface area contributed by atoms with Crippen molar-refractivity contribution in [3.05, 3.63) is 63.1 Å². The van der Waals surface area contributed by atoms with Crippen LogP contribution in [0.15, 0.2) is 40.9 Å². The number of benzene rings is 2. The molecule has 94 valence electrons. The van der Waals surface area contributed by atoms with Gasteiger partial charge < -0.3 is 5.32 Å². The summed E-state index contributed by atoms with van der Waals surface area (Å²) in [4.78, 5) is 0. The fourth-order valence-corrected chi connectivity index (χ4v) is 1.96. The Bertz CT molecular complexity index is 555. The highest BCUT2D eigenvalue weighted by Gasteiger charge is 2.07. The number of rotatable bonds is 3. The van der Waals surface area contributed by atoms with Crippen LogP contribution in [-0.4, -0.2) is 0 Å². The van der Waals surface area contributed by atoms with Crippen molar-refractivity contribution in [1.29, 1.82) is 0 Å². The molecule has 0 aromatic heterocycles. The molecule has 18 heavy (non-hydrogen) atoms. The first-order valence-corrected chi connectivity index (χ1v) is 6.37. The zero-order valence-corrected chi connectivity index (χ0v) is 11.5. The van der Waals surface area contributed by atoms with Crippen molar-refractivity contribution >= 4 is 33.2 Å². The van der Waals surface area contributed by atoms with Gasteiger partial charge in [0.25, 0.3) is 0 Å². The molecule has 0 unspecified atom stereocenters. The molecule has 0 amide bonds. The fourth-order valence-electron chi connectivity index (χ4n) is 1.51. The van der Waals surface area contributed by atoms with Crippen molar-refractivity contribution in [3.63, 3.8) is 0 Å². The van der Waals surface area contributed by atoms with Crippen LogP contribution in [0.4, 0.5) is 14.5 Å². The van der Waals surface area contributed by atoms with Crippen molar-refractivity contribution in [3.8, 4) is 0 Å². The van der Waals surface area contributed by atoms with Crippen LogP contribution in [0.2, 0.25) is 5.02 Å². The molecule has 0 fully saturated rings. The third-order valence-corrected chi connectivity index (χ3v) is 3.65. The Hall–Kier alpha value is -1.13. The Labute approximate surface area is 117 Å². The molecule has 0 aliphatic carbocycles. The van der Waals surface area contributed by atoms with E-state index < -0.39 is 11.6 Å². The first-order valence-electron chi connectivity index (χ1n) is 5.20. The zero-order valence-electron chi connectivity index (χ0n) is 9.18. The van der Waals surface area contributed by atoms with E-state index in [-0.39, 0.29) is 5.69 Å². The maximum atomic E-state index is 13.4. The fraction of sp³-hybridized carbons (Fsp3) is 0.0769. The van der Waals surface area contributed by atoms with Gasteiger partial charge in [-0.25, -0.2) is 8.78 Å². The largest absolute Gasteiger partial charge is 0.376 e. The summed E-state index contributed by atoms with van der Waals surface area (Å²) in [7, 11) is 0. The second-order valence-corrected chi connectivity index (χ2v) is 4.96. The van der Waals surface area contributed by atoms with E-state index in [4.69, 9.17) is 11.6 Å². The van der Waals surface area contributed by atoms with Crippen molar-refractivity contribution in [2.45, 2.75) is 6.54 Å². The van der Waals surface area contributed by atoms with E-state index in [0.29, 0.717) is 11.6 Å². The molecule has 0 aliphatic rings. The molecule has 0 aliphatic heterocycles. The number of hydrogen-bond donors (Lipinski definition) is 1. The van der Waals surface area contributed by atoms with Gasteiger partial charge in [-0.15, -0.1) is 0 Å². The molecule has 0 saturated carbocycles. The van der Waals surface area contributed by atoms with Crippen LogP contribution < -0.4 is 5.32 Å². The summed E-state index contributed by atoms with van der Waals surface area (Å²) in [6.45, 7) is 0.296. The van der Waals surface area contributed by atoms with E-state index in [9.17, 15) is 8.78 Å². The summed E-state index contributed by atoms with van der Waals surface area (Å²) in [5.74, 6) is -1.23. The lowest BCUT2D eigenvalue weighted by atomic mass is 10.2. The normalized spacial score (nSPS) is 10.4. The summed E-state index contributed by atoms with van der Waals surface area (Å²) >= 11 is 9.21. The van der Waals surface area contributed by atoms with Crippen molar-refractivity contribution in [2.75, 3.05) is 5.32 Å². The second-order valence-electron chi connectivity index (χ2n) is 3.70. The highest BCUT2D eigenvalue weighted by atomic mass is 79.9. The van der Waals surface area contributed by atoms with Crippen LogP contribution in [0, 0.1) is 11.6 Å². The quantitative estimate of drug-likeness (QED) is 0.834. The van der Waals surface area contributed by atoms with E-state index in [2.05, 4.69) is 21.2 Å². The van der Waals surface area contributed by atoms with Gasteiger partial charge in [-0.05, 0) is 45.8 Å². The summed E-state index contributed by atoms with van der Waals surface area (Å²) < 4.78 is 27.5. The van der Waals surface area contributed by atoms with E-state index in [1.54, 1.807) is 12.1 Å². The van der Waals surface area contributed by atoms with Gasteiger partial charge in [-0.2, -0.15) is 0 Å². The Morgan fingerprint density at radius 2 is 1.78 bits per heavy atom. The Balaban J connectivity index is 2.14. The summed E-state index contributed by atoms with van der Waals surface area (Å²) in [5.41, 5.74) is 0.711. The number of para-hydroxylation sites is 1. The molecule has 0 bridgehead atoms. The second kappa shape index (κ2) is 5.67. The van der Waals surface area contributed by atoms with Gasteiger partial charge in [-0.1, -0.05) is 23.7 Å². The van der Waals surface area contributed by atoms with E-state index in [1.807, 2.05) is 6.07 Å². The highest BCUT2D eigenvalue weighted by Crippen LogP contribution is 2.24. The summed E-state index contributed by atoms with van der Waals surface area (Å²) in [6, 6.07) is 9.09. The third kappa shape index (κ3) is 3.00. The average Bonchev–Trinajstić information content (AvgIpc) is 2.33. The Kier molecular flexibility index (Phi) is 4.19. The average molecular weight is 333 g/mol. The lowest BCUT2D eigenvalue weighted by molar-refractivity contribution is 0.588. The van der Waals surface area contributed by atoms with Gasteiger partial charge in [0.2, 0.25) is 0 Å². The predicted molar refractivity (Wildman–Crippen MR) is 72.8 cm³/mol. The zero-order chi connectivity index (χ0) is 13.1. The van der Waals surface area contributed by atoms with Crippen molar-refractivity contribution < 1.29 is 8.78 Å². The van der Waals surface area contributed by atoms with Crippen LogP contribution in [0.5, 0.6) is 0 Å². The van der Waals surface area contributed by atoms with E-state index >= 15 is 0 Å². The third-order valence-electron chi connectivity index (χ3n) is 2.42. The minimum Gasteiger partial charge on any atom is -0.376 e. The highest BCUT2D eigenvalue weighted by molar-refractivity contribution is 9.10. The molecule has 0 radical (unpaired) electrons. The minimum absolute atomic E-state index is 0.128. The first kappa shape index (κ1) is 13.3. The van der Waals surface area contributed by atoms with Crippen LogP contribution >= 0.6 is 27.5 Å². The summed E-state index contributed by atoms with van der Waals surface area (Å²) in [6.07, 6.45) is 0. The molecule has 5 heteroatoms. The molecule has 1 N–H and O–H groups in total. The van der Waals surface area contributed by atoms with Gasteiger partial charge in [0, 0.05) is 11.0 Å². The Morgan fingerprint density at radius 3 is 2.39 bits per heavy atom. The number of nitrogens with one attached hydrogen (secondary N) is 1. The minimum atomic E-state index is -0.613. The molecule has 0 atom stereocenters. The van der Waals surface area contributed by atoms with Crippen LogP contribution in [0.25, 0.3) is 0 Å². The van der Waals surface area contributed by atoms with Gasteiger partial charge in [0.05, 0.1) is 5.02 Å². The van der Waals surface area contributed by atoms with Gasteiger partial charge in [0.1, 0.15) is 17.3 Å². The van der Waals surface area contributed by atoms with Gasteiger partial charge in [0.15, 0.2) is 0 Å². The smallest absolute Gasteiger partial charge is 0.149 e. The molecule has 2 aromatic rings. The van der Waals surface area contributed by atoms with Crippen LogP contribution in [-0.2, 0) is 6.54 Å². The van der Waals surface area contributed by atoms with Crippen molar-refractivity contribution in [2.24, 2.45) is 0 Å². The molecule has 1 nitrogen and oxygen atoms in total. The Morgan fingerprint density at radius 1 is 1.11 bits per heavy atom. The molecule has 0 saturated heterocycles. The predicted octanol–water partition coefficient (Wildman–Crippen LogP) is 4.99. The standard InChI is InChI=1S/C13H9BrClF2N/c14-9-5-4-8(6-10(9)15)7-18-13-11(16)2-1-3-12(13)17/h1-6,18H,7H2. The lowest BCUT2D eigenvalue weighted by Crippen LogP contribution is -2.03. The maximum absolute atomic E-state index is 13.4. The molecule has 0 spiro atoms. The first-order chi connectivity index (χ1) is 8.58. The SMILES string of the molecule is Fc1cccc(F)c1NCc1ccc(Br)c(Cl)c1. The number of anilines is 1. The van der Waals surface area contributed by atoms with E-state index in [1.165, 1.54) is 18.2 Å². The van der Waals surface area contributed by atoms with Crippen LogP contribution in [0.1, 0.15) is 5.56 Å². The molecule has 2 aromatic carbocycles. The number of hydrogen-bond acceptors (Lipinski definition) is 1. The molecule has 2 rings (SSSR count). The lowest BCUT2D eigenvalue weighted by Gasteiger charge is -2.09. The topological polar surface area (TPSA) is 12.0 Å². The number of halogens is 4. The van der Waals surface area contributed by atoms with Gasteiger partial charge in [-0.3, -0.25) is 0 Å². The maximum Gasteiger partial charge on any atom is 0.149 e. The molecule has 0 heterocycles. The monoisotopic (exact) mass is 331 g/mol. The van der Waals surface area contributed by atoms with Crippen molar-refractivity contribution in [1.82, 2.24) is 0 Å². The van der Waals surface area contributed by atoms with Gasteiger partial charge >= 0.3 is 0 Å². The summed E-state index contributed by atoms with van der Waals surface area (Å²) in [5, 5.41) is 3.28. The molecular formula is C13H9BrClF2N.